The van der Waals surface area contributed by atoms with Gasteiger partial charge in [-0.15, -0.1) is 0 Å². The maximum Gasteiger partial charge on any atom is 0.122 e. The molecule has 0 heterocycles. The minimum Gasteiger partial charge on any atom is -0.507 e. The van der Waals surface area contributed by atoms with Gasteiger partial charge in [0.2, 0.25) is 0 Å². The van der Waals surface area contributed by atoms with Crippen molar-refractivity contribution in [3.8, 4) is 5.75 Å². The molecule has 2 aromatic carbocycles. The second-order valence-electron chi connectivity index (χ2n) is 3.94. The van der Waals surface area contributed by atoms with Gasteiger partial charge in [0.25, 0.3) is 0 Å². The van der Waals surface area contributed by atoms with Crippen LogP contribution in [0.5, 0.6) is 5.75 Å². The summed E-state index contributed by atoms with van der Waals surface area (Å²) in [5.74, 6) is 0.453. The van der Waals surface area contributed by atoms with Crippen molar-refractivity contribution < 1.29 is 5.11 Å². The molecule has 0 saturated heterocycles. The topological polar surface area (TPSA) is 20.2 Å². The normalized spacial score (nSPS) is 10.3. The Bertz CT molecular complexity index is 460. The number of phenols is 1. The van der Waals surface area contributed by atoms with Crippen LogP contribution in [0, 0.1) is 0 Å². The van der Waals surface area contributed by atoms with Crippen molar-refractivity contribution in [2.45, 2.75) is 19.8 Å². The van der Waals surface area contributed by atoms with E-state index in [1.807, 2.05) is 36.4 Å². The zero-order valence-electron chi connectivity index (χ0n) is 9.48. The average molecular weight is 212 g/mol. The first-order valence-corrected chi connectivity index (χ1v) is 5.65. The molecule has 0 amide bonds. The fourth-order valence-electron chi connectivity index (χ4n) is 1.89. The third-order valence-corrected chi connectivity index (χ3v) is 2.82. The minimum absolute atomic E-state index is 0.453. The molecule has 0 aliphatic carbocycles. The molecule has 0 aliphatic rings. The maximum absolute atomic E-state index is 10.1. The Balaban J connectivity index is 2.28. The van der Waals surface area contributed by atoms with Crippen LogP contribution < -0.4 is 0 Å². The number of hydrogen-bond donors (Lipinski definition) is 1. The highest BCUT2D eigenvalue weighted by Crippen LogP contribution is 2.25. The van der Waals surface area contributed by atoms with E-state index in [1.165, 1.54) is 5.56 Å². The second-order valence-corrected chi connectivity index (χ2v) is 3.94. The second kappa shape index (κ2) is 4.84. The summed E-state index contributed by atoms with van der Waals surface area (Å²) >= 11 is 0. The van der Waals surface area contributed by atoms with E-state index in [1.54, 1.807) is 0 Å². The van der Waals surface area contributed by atoms with Crippen LogP contribution >= 0.6 is 0 Å². The SMILES string of the molecule is CCc1cccc(Cc2ccccc2)c1O. The Kier molecular flexibility index (Phi) is 3.25. The van der Waals surface area contributed by atoms with Crippen molar-refractivity contribution in [3.63, 3.8) is 0 Å². The quantitative estimate of drug-likeness (QED) is 0.825. The third kappa shape index (κ3) is 2.25. The lowest BCUT2D eigenvalue weighted by atomic mass is 10.0. The van der Waals surface area contributed by atoms with E-state index in [0.717, 1.165) is 24.0 Å². The van der Waals surface area contributed by atoms with Gasteiger partial charge in [0.15, 0.2) is 0 Å². The van der Waals surface area contributed by atoms with Crippen LogP contribution in [-0.4, -0.2) is 5.11 Å². The Morgan fingerprint density at radius 3 is 2.25 bits per heavy atom. The summed E-state index contributed by atoms with van der Waals surface area (Å²) in [4.78, 5) is 0. The Morgan fingerprint density at radius 1 is 0.875 bits per heavy atom. The molecule has 2 aromatic rings. The van der Waals surface area contributed by atoms with Gasteiger partial charge < -0.3 is 5.11 Å². The molecule has 0 unspecified atom stereocenters. The molecule has 16 heavy (non-hydrogen) atoms. The number of benzene rings is 2. The van der Waals surface area contributed by atoms with Crippen molar-refractivity contribution in [1.82, 2.24) is 0 Å². The Labute approximate surface area is 96.4 Å². The molecule has 0 bridgehead atoms. The molecule has 1 N–H and O–H groups in total. The molecule has 0 atom stereocenters. The van der Waals surface area contributed by atoms with Gasteiger partial charge in [0.1, 0.15) is 5.75 Å². The monoisotopic (exact) mass is 212 g/mol. The molecular formula is C15H16O. The average Bonchev–Trinajstić information content (AvgIpc) is 2.33. The summed E-state index contributed by atoms with van der Waals surface area (Å²) in [5.41, 5.74) is 3.25. The van der Waals surface area contributed by atoms with Gasteiger partial charge in [-0.1, -0.05) is 55.5 Å². The minimum atomic E-state index is 0.453. The standard InChI is InChI=1S/C15H16O/c1-2-13-9-6-10-14(15(13)16)11-12-7-4-3-5-8-12/h3-10,16H,2,11H2,1H3. The smallest absolute Gasteiger partial charge is 0.122 e. The molecule has 0 aromatic heterocycles. The van der Waals surface area contributed by atoms with Gasteiger partial charge in [0.05, 0.1) is 0 Å². The van der Waals surface area contributed by atoms with Crippen LogP contribution in [0.1, 0.15) is 23.6 Å². The van der Waals surface area contributed by atoms with E-state index in [0.29, 0.717) is 5.75 Å². The molecule has 0 radical (unpaired) electrons. The summed E-state index contributed by atoms with van der Waals surface area (Å²) < 4.78 is 0. The van der Waals surface area contributed by atoms with E-state index in [2.05, 4.69) is 19.1 Å². The van der Waals surface area contributed by atoms with Gasteiger partial charge in [-0.25, -0.2) is 0 Å². The zero-order valence-corrected chi connectivity index (χ0v) is 9.48. The van der Waals surface area contributed by atoms with E-state index in [4.69, 9.17) is 0 Å². The van der Waals surface area contributed by atoms with Gasteiger partial charge in [0, 0.05) is 6.42 Å². The first-order chi connectivity index (χ1) is 7.81. The number of hydrogen-bond acceptors (Lipinski definition) is 1. The van der Waals surface area contributed by atoms with Crippen molar-refractivity contribution >= 4 is 0 Å². The summed E-state index contributed by atoms with van der Waals surface area (Å²) in [6, 6.07) is 16.2. The van der Waals surface area contributed by atoms with E-state index < -0.39 is 0 Å². The highest BCUT2D eigenvalue weighted by Gasteiger charge is 2.05. The lowest BCUT2D eigenvalue weighted by molar-refractivity contribution is 0.463. The van der Waals surface area contributed by atoms with Crippen LogP contribution in [0.25, 0.3) is 0 Å². The molecule has 0 saturated carbocycles. The first-order valence-electron chi connectivity index (χ1n) is 5.65. The zero-order chi connectivity index (χ0) is 11.4. The van der Waals surface area contributed by atoms with E-state index in [-0.39, 0.29) is 0 Å². The van der Waals surface area contributed by atoms with Gasteiger partial charge in [-0.2, -0.15) is 0 Å². The fourth-order valence-corrected chi connectivity index (χ4v) is 1.89. The van der Waals surface area contributed by atoms with E-state index >= 15 is 0 Å². The molecule has 82 valence electrons. The van der Waals surface area contributed by atoms with Crippen molar-refractivity contribution in [1.29, 1.82) is 0 Å². The number of aryl methyl sites for hydroxylation is 1. The van der Waals surface area contributed by atoms with Crippen LogP contribution in [-0.2, 0) is 12.8 Å². The Morgan fingerprint density at radius 2 is 1.56 bits per heavy atom. The van der Waals surface area contributed by atoms with Crippen molar-refractivity contribution in [2.24, 2.45) is 0 Å². The van der Waals surface area contributed by atoms with Gasteiger partial charge in [-0.3, -0.25) is 0 Å². The van der Waals surface area contributed by atoms with Crippen LogP contribution in [0.4, 0.5) is 0 Å². The molecular weight excluding hydrogens is 196 g/mol. The summed E-state index contributed by atoms with van der Waals surface area (Å²) in [5, 5.41) is 10.1. The van der Waals surface area contributed by atoms with Crippen LogP contribution in [0.3, 0.4) is 0 Å². The lowest BCUT2D eigenvalue weighted by Gasteiger charge is -2.08. The largest absolute Gasteiger partial charge is 0.507 e. The van der Waals surface area contributed by atoms with Crippen LogP contribution in [0.15, 0.2) is 48.5 Å². The number of phenolic OH excluding ortho intramolecular Hbond substituents is 1. The summed E-state index contributed by atoms with van der Waals surface area (Å²) in [6.07, 6.45) is 1.66. The number of aromatic hydroxyl groups is 1. The molecule has 0 fully saturated rings. The number of para-hydroxylation sites is 1. The summed E-state index contributed by atoms with van der Waals surface area (Å²) in [6.45, 7) is 2.06. The molecule has 1 nitrogen and oxygen atoms in total. The summed E-state index contributed by atoms with van der Waals surface area (Å²) in [7, 11) is 0. The molecule has 0 aliphatic heterocycles. The molecule has 0 spiro atoms. The third-order valence-electron chi connectivity index (χ3n) is 2.82. The van der Waals surface area contributed by atoms with E-state index in [9.17, 15) is 5.11 Å². The van der Waals surface area contributed by atoms with Crippen molar-refractivity contribution in [3.05, 3.63) is 65.2 Å². The predicted octanol–water partition coefficient (Wildman–Crippen LogP) is 3.55. The number of rotatable bonds is 3. The maximum atomic E-state index is 10.1. The first kappa shape index (κ1) is 10.7. The van der Waals surface area contributed by atoms with Crippen LogP contribution in [0.2, 0.25) is 0 Å². The molecule has 2 rings (SSSR count). The van der Waals surface area contributed by atoms with Gasteiger partial charge in [-0.05, 0) is 23.1 Å². The molecule has 1 heteroatoms. The lowest BCUT2D eigenvalue weighted by Crippen LogP contribution is -1.91. The predicted molar refractivity (Wildman–Crippen MR) is 66.7 cm³/mol. The highest BCUT2D eigenvalue weighted by molar-refractivity contribution is 5.42. The Hall–Kier alpha value is -1.76. The highest BCUT2D eigenvalue weighted by atomic mass is 16.3. The van der Waals surface area contributed by atoms with Crippen molar-refractivity contribution in [2.75, 3.05) is 0 Å². The van der Waals surface area contributed by atoms with Gasteiger partial charge >= 0.3 is 0 Å². The fraction of sp³-hybridized carbons (Fsp3) is 0.200.